The maximum Gasteiger partial charge on any atom is 0.191 e. The predicted octanol–water partition coefficient (Wildman–Crippen LogP) is 1.56. The number of guanidine groups is 1. The van der Waals surface area contributed by atoms with Crippen LogP contribution in [0.3, 0.4) is 0 Å². The van der Waals surface area contributed by atoms with E-state index in [2.05, 4.69) is 22.5 Å². The van der Waals surface area contributed by atoms with Crippen LogP contribution in [0.2, 0.25) is 0 Å². The van der Waals surface area contributed by atoms with Crippen LogP contribution in [-0.4, -0.2) is 48.0 Å². The first-order valence-corrected chi connectivity index (χ1v) is 8.61. The maximum absolute atomic E-state index is 10.6. The zero-order valence-corrected chi connectivity index (χ0v) is 13.1. The Balaban J connectivity index is 1.56. The third-order valence-electron chi connectivity index (χ3n) is 5.09. The van der Waals surface area contributed by atoms with E-state index in [1.54, 1.807) is 0 Å². The first kappa shape index (κ1) is 15.1. The van der Waals surface area contributed by atoms with Crippen LogP contribution in [-0.2, 0) is 4.74 Å². The Hall–Kier alpha value is -0.810. The van der Waals surface area contributed by atoms with Gasteiger partial charge in [0.15, 0.2) is 5.96 Å². The first-order valence-electron chi connectivity index (χ1n) is 8.61. The highest BCUT2D eigenvalue weighted by molar-refractivity contribution is 5.80. The molecule has 2 bridgehead atoms. The molecule has 0 aromatic heterocycles. The van der Waals surface area contributed by atoms with Gasteiger partial charge in [0.2, 0.25) is 0 Å². The summed E-state index contributed by atoms with van der Waals surface area (Å²) in [4.78, 5) is 4.64. The molecule has 5 nitrogen and oxygen atoms in total. The van der Waals surface area contributed by atoms with Crippen molar-refractivity contribution in [1.29, 1.82) is 0 Å². The van der Waals surface area contributed by atoms with Gasteiger partial charge in [0.05, 0.1) is 30.4 Å². The molecule has 3 rings (SSSR count). The molecule has 2 saturated heterocycles. The number of aliphatic hydroxyl groups is 1. The van der Waals surface area contributed by atoms with Crippen LogP contribution in [0.1, 0.15) is 58.3 Å². The molecule has 3 N–H and O–H groups in total. The smallest absolute Gasteiger partial charge is 0.191 e. The molecule has 3 fully saturated rings. The van der Waals surface area contributed by atoms with Gasteiger partial charge in [-0.1, -0.05) is 19.3 Å². The summed E-state index contributed by atoms with van der Waals surface area (Å²) in [5.74, 6) is 0.831. The van der Waals surface area contributed by atoms with Crippen LogP contribution in [0.15, 0.2) is 4.99 Å². The lowest BCUT2D eigenvalue weighted by Gasteiger charge is -2.31. The van der Waals surface area contributed by atoms with Gasteiger partial charge >= 0.3 is 0 Å². The highest BCUT2D eigenvalue weighted by Crippen LogP contribution is 2.34. The van der Waals surface area contributed by atoms with Crippen molar-refractivity contribution in [3.63, 3.8) is 0 Å². The Kier molecular flexibility index (Phi) is 4.69. The third-order valence-corrected chi connectivity index (χ3v) is 5.09. The summed E-state index contributed by atoms with van der Waals surface area (Å²) >= 11 is 0. The van der Waals surface area contributed by atoms with Crippen molar-refractivity contribution in [3.8, 4) is 0 Å². The fourth-order valence-corrected chi connectivity index (χ4v) is 3.88. The molecule has 2 aliphatic heterocycles. The van der Waals surface area contributed by atoms with Crippen LogP contribution in [0.25, 0.3) is 0 Å². The van der Waals surface area contributed by atoms with Crippen molar-refractivity contribution in [3.05, 3.63) is 0 Å². The normalized spacial score (nSPS) is 35.0. The number of hydrogen-bond donors (Lipinski definition) is 3. The molecule has 0 spiro atoms. The van der Waals surface area contributed by atoms with Gasteiger partial charge in [-0.3, -0.25) is 4.99 Å². The molecule has 2 heterocycles. The Morgan fingerprint density at radius 3 is 2.71 bits per heavy atom. The van der Waals surface area contributed by atoms with E-state index >= 15 is 0 Å². The van der Waals surface area contributed by atoms with Crippen molar-refractivity contribution >= 4 is 5.96 Å². The topological polar surface area (TPSA) is 65.9 Å². The van der Waals surface area contributed by atoms with Crippen molar-refractivity contribution in [2.75, 3.05) is 13.1 Å². The Morgan fingerprint density at radius 2 is 2.10 bits per heavy atom. The van der Waals surface area contributed by atoms with Crippen LogP contribution in [0.4, 0.5) is 0 Å². The summed E-state index contributed by atoms with van der Waals surface area (Å²) in [6.07, 6.45) is 9.48. The summed E-state index contributed by atoms with van der Waals surface area (Å²) in [7, 11) is 0. The molecular formula is C16H29N3O2. The molecular weight excluding hydrogens is 266 g/mol. The van der Waals surface area contributed by atoms with Crippen molar-refractivity contribution in [1.82, 2.24) is 10.6 Å². The van der Waals surface area contributed by atoms with Crippen LogP contribution >= 0.6 is 0 Å². The predicted molar refractivity (Wildman–Crippen MR) is 83.4 cm³/mol. The molecule has 3 atom stereocenters. The van der Waals surface area contributed by atoms with Gasteiger partial charge in [-0.25, -0.2) is 0 Å². The van der Waals surface area contributed by atoms with Crippen LogP contribution in [0.5, 0.6) is 0 Å². The van der Waals surface area contributed by atoms with Crippen molar-refractivity contribution in [2.24, 2.45) is 4.99 Å². The molecule has 5 heteroatoms. The molecule has 1 aliphatic carbocycles. The van der Waals surface area contributed by atoms with E-state index in [0.717, 1.165) is 51.0 Å². The quantitative estimate of drug-likeness (QED) is 0.544. The lowest BCUT2D eigenvalue weighted by Crippen LogP contribution is -2.48. The number of rotatable bonds is 4. The Labute approximate surface area is 127 Å². The summed E-state index contributed by atoms with van der Waals surface area (Å²) in [5, 5.41) is 17.4. The van der Waals surface area contributed by atoms with E-state index in [0.29, 0.717) is 24.8 Å². The lowest BCUT2D eigenvalue weighted by atomic mass is 9.85. The Morgan fingerprint density at radius 1 is 1.29 bits per heavy atom. The third kappa shape index (κ3) is 3.69. The molecule has 3 unspecified atom stereocenters. The minimum Gasteiger partial charge on any atom is -0.388 e. The number of hydrogen-bond acceptors (Lipinski definition) is 3. The van der Waals surface area contributed by atoms with Gasteiger partial charge in [0.25, 0.3) is 0 Å². The zero-order valence-electron chi connectivity index (χ0n) is 13.1. The van der Waals surface area contributed by atoms with Crippen molar-refractivity contribution in [2.45, 2.75) is 82.1 Å². The summed E-state index contributed by atoms with van der Waals surface area (Å²) in [5.41, 5.74) is -0.591. The summed E-state index contributed by atoms with van der Waals surface area (Å²) in [6, 6.07) is 0.377. The second kappa shape index (κ2) is 6.53. The molecule has 0 aromatic carbocycles. The van der Waals surface area contributed by atoms with Gasteiger partial charge in [-0.05, 0) is 39.0 Å². The van der Waals surface area contributed by atoms with E-state index in [4.69, 9.17) is 4.74 Å². The molecule has 21 heavy (non-hydrogen) atoms. The number of fused-ring (bicyclic) bond motifs is 2. The fourth-order valence-electron chi connectivity index (χ4n) is 3.88. The van der Waals surface area contributed by atoms with E-state index in [1.165, 1.54) is 12.8 Å². The van der Waals surface area contributed by atoms with Gasteiger partial charge in [-0.15, -0.1) is 0 Å². The number of aliphatic imine (C=N–C) groups is 1. The Bertz CT molecular complexity index is 380. The number of nitrogens with one attached hydrogen (secondary N) is 2. The second-order valence-electron chi connectivity index (χ2n) is 6.84. The van der Waals surface area contributed by atoms with Gasteiger partial charge < -0.3 is 20.5 Å². The van der Waals surface area contributed by atoms with Crippen LogP contribution in [0, 0.1) is 0 Å². The SMILES string of the molecule is CCNC(=NCC1(O)CCCCC1)NC1CC2CCC1O2. The van der Waals surface area contributed by atoms with Gasteiger partial charge in [0, 0.05) is 6.54 Å². The summed E-state index contributed by atoms with van der Waals surface area (Å²) < 4.78 is 5.88. The standard InChI is InChI=1S/C16H29N3O2/c1-2-17-15(18-11-16(20)8-4-3-5-9-16)19-13-10-12-6-7-14(13)21-12/h12-14,20H,2-11H2,1H3,(H2,17,18,19). The number of ether oxygens (including phenoxy) is 1. The zero-order chi connectivity index (χ0) is 14.7. The molecule has 1 saturated carbocycles. The minimum atomic E-state index is -0.591. The first-order chi connectivity index (χ1) is 10.2. The average molecular weight is 295 g/mol. The lowest BCUT2D eigenvalue weighted by molar-refractivity contribution is 0.0131. The van der Waals surface area contributed by atoms with E-state index in [-0.39, 0.29) is 0 Å². The van der Waals surface area contributed by atoms with E-state index < -0.39 is 5.60 Å². The monoisotopic (exact) mass is 295 g/mol. The second-order valence-corrected chi connectivity index (χ2v) is 6.84. The van der Waals surface area contributed by atoms with E-state index in [9.17, 15) is 5.11 Å². The molecule has 0 radical (unpaired) electrons. The fraction of sp³-hybridized carbons (Fsp3) is 0.938. The average Bonchev–Trinajstić information content (AvgIpc) is 3.08. The van der Waals surface area contributed by atoms with Crippen LogP contribution < -0.4 is 10.6 Å². The highest BCUT2D eigenvalue weighted by Gasteiger charge is 2.41. The van der Waals surface area contributed by atoms with Crippen molar-refractivity contribution < 1.29 is 9.84 Å². The largest absolute Gasteiger partial charge is 0.388 e. The number of nitrogens with zero attached hydrogens (tertiary/aromatic N) is 1. The molecule has 120 valence electrons. The highest BCUT2D eigenvalue weighted by atomic mass is 16.5. The molecule has 3 aliphatic rings. The minimum absolute atomic E-state index is 0.344. The van der Waals surface area contributed by atoms with Gasteiger partial charge in [-0.2, -0.15) is 0 Å². The molecule has 0 aromatic rings. The molecule has 0 amide bonds. The summed E-state index contributed by atoms with van der Waals surface area (Å²) in [6.45, 7) is 3.42. The maximum atomic E-state index is 10.6. The van der Waals surface area contributed by atoms with E-state index in [1.807, 2.05) is 0 Å². The van der Waals surface area contributed by atoms with Gasteiger partial charge in [0.1, 0.15) is 0 Å².